The molecule has 0 aliphatic carbocycles. The largest absolute Gasteiger partial charge is 0.486 e. The molecule has 1 aliphatic rings. The Labute approximate surface area is 132 Å². The van der Waals surface area contributed by atoms with Crippen LogP contribution in [0, 0.1) is 0 Å². The van der Waals surface area contributed by atoms with Crippen molar-refractivity contribution in [2.75, 3.05) is 18.9 Å². The zero-order valence-electron chi connectivity index (χ0n) is 11.8. The second-order valence-electron chi connectivity index (χ2n) is 4.62. The predicted octanol–water partition coefficient (Wildman–Crippen LogP) is 1.52. The van der Waals surface area contributed by atoms with Crippen LogP contribution in [0.5, 0.6) is 11.5 Å². The second kappa shape index (κ2) is 7.13. The van der Waals surface area contributed by atoms with Crippen LogP contribution in [0.15, 0.2) is 47.9 Å². The molecule has 7 heteroatoms. The highest BCUT2D eigenvalue weighted by Crippen LogP contribution is 2.30. The van der Waals surface area contributed by atoms with E-state index in [0.717, 1.165) is 5.75 Å². The van der Waals surface area contributed by atoms with Gasteiger partial charge in [0.2, 0.25) is 5.91 Å². The Kier molecular flexibility index (Phi) is 4.75. The van der Waals surface area contributed by atoms with Crippen LogP contribution in [0.2, 0.25) is 0 Å². The maximum absolute atomic E-state index is 11.8. The summed E-state index contributed by atoms with van der Waals surface area (Å²) in [4.78, 5) is 19.9. The van der Waals surface area contributed by atoms with Crippen molar-refractivity contribution in [3.8, 4) is 11.5 Å². The van der Waals surface area contributed by atoms with Crippen LogP contribution >= 0.6 is 11.8 Å². The first kappa shape index (κ1) is 14.6. The number of thioether (sulfide) groups is 1. The van der Waals surface area contributed by atoms with E-state index in [2.05, 4.69) is 15.3 Å². The Balaban J connectivity index is 1.42. The molecule has 22 heavy (non-hydrogen) atoms. The molecule has 0 bridgehead atoms. The Morgan fingerprint density at radius 2 is 2.00 bits per heavy atom. The fourth-order valence-corrected chi connectivity index (χ4v) is 2.57. The number of para-hydroxylation sites is 2. The lowest BCUT2D eigenvalue weighted by atomic mass is 10.2. The summed E-state index contributed by atoms with van der Waals surface area (Å²) in [6.07, 6.45) is 3.12. The van der Waals surface area contributed by atoms with E-state index in [0.29, 0.717) is 24.1 Å². The Bertz CT molecular complexity index is 639. The van der Waals surface area contributed by atoms with Crippen LogP contribution in [-0.2, 0) is 4.79 Å². The molecule has 2 aromatic rings. The summed E-state index contributed by atoms with van der Waals surface area (Å²) in [7, 11) is 0. The average molecular weight is 317 g/mol. The SMILES string of the molecule is O=C(CSc1ncccn1)NC[C@@H]1COc2ccccc2O1. The summed E-state index contributed by atoms with van der Waals surface area (Å²) in [5.41, 5.74) is 0. The van der Waals surface area contributed by atoms with Gasteiger partial charge in [-0.3, -0.25) is 4.79 Å². The molecule has 2 heterocycles. The molecule has 1 amide bonds. The maximum Gasteiger partial charge on any atom is 0.230 e. The van der Waals surface area contributed by atoms with Gasteiger partial charge in [-0.2, -0.15) is 0 Å². The zero-order valence-corrected chi connectivity index (χ0v) is 12.6. The number of nitrogens with zero attached hydrogens (tertiary/aromatic N) is 2. The molecule has 0 saturated carbocycles. The van der Waals surface area contributed by atoms with E-state index in [9.17, 15) is 4.79 Å². The van der Waals surface area contributed by atoms with Crippen molar-refractivity contribution in [3.63, 3.8) is 0 Å². The van der Waals surface area contributed by atoms with E-state index in [4.69, 9.17) is 9.47 Å². The number of hydrogen-bond acceptors (Lipinski definition) is 6. The third-order valence-corrected chi connectivity index (χ3v) is 3.84. The lowest BCUT2D eigenvalue weighted by molar-refractivity contribution is -0.119. The number of aromatic nitrogens is 2. The van der Waals surface area contributed by atoms with Crippen LogP contribution in [-0.4, -0.2) is 40.9 Å². The Morgan fingerprint density at radius 1 is 1.23 bits per heavy atom. The van der Waals surface area contributed by atoms with Gasteiger partial charge in [-0.15, -0.1) is 0 Å². The monoisotopic (exact) mass is 317 g/mol. The van der Waals surface area contributed by atoms with Crippen molar-refractivity contribution in [2.24, 2.45) is 0 Å². The topological polar surface area (TPSA) is 73.3 Å². The first-order chi connectivity index (χ1) is 10.8. The molecule has 3 rings (SSSR count). The van der Waals surface area contributed by atoms with E-state index >= 15 is 0 Å². The highest BCUT2D eigenvalue weighted by atomic mass is 32.2. The molecular formula is C15H15N3O3S. The minimum Gasteiger partial charge on any atom is -0.486 e. The summed E-state index contributed by atoms with van der Waals surface area (Å²) in [5.74, 6) is 1.63. The van der Waals surface area contributed by atoms with Gasteiger partial charge in [0.1, 0.15) is 12.7 Å². The molecule has 1 aromatic carbocycles. The predicted molar refractivity (Wildman–Crippen MR) is 82.1 cm³/mol. The van der Waals surface area contributed by atoms with E-state index in [1.165, 1.54) is 11.8 Å². The molecule has 1 aliphatic heterocycles. The van der Waals surface area contributed by atoms with Gasteiger partial charge in [-0.05, 0) is 18.2 Å². The van der Waals surface area contributed by atoms with Gasteiger partial charge in [0.25, 0.3) is 0 Å². The van der Waals surface area contributed by atoms with Gasteiger partial charge in [0.05, 0.1) is 12.3 Å². The Hall–Kier alpha value is -2.28. The molecule has 0 saturated heterocycles. The molecule has 0 unspecified atom stereocenters. The van der Waals surface area contributed by atoms with Crippen LogP contribution in [0.1, 0.15) is 0 Å². The maximum atomic E-state index is 11.8. The highest BCUT2D eigenvalue weighted by Gasteiger charge is 2.20. The third-order valence-electron chi connectivity index (χ3n) is 2.97. The minimum absolute atomic E-state index is 0.0834. The van der Waals surface area contributed by atoms with Crippen molar-refractivity contribution < 1.29 is 14.3 Å². The van der Waals surface area contributed by atoms with Gasteiger partial charge in [-0.25, -0.2) is 9.97 Å². The first-order valence-corrected chi connectivity index (χ1v) is 7.85. The number of amides is 1. The van der Waals surface area contributed by atoms with Crippen molar-refractivity contribution >= 4 is 17.7 Å². The summed E-state index contributed by atoms with van der Waals surface area (Å²) < 4.78 is 11.4. The van der Waals surface area contributed by atoms with E-state index < -0.39 is 0 Å². The molecule has 1 N–H and O–H groups in total. The zero-order chi connectivity index (χ0) is 15.2. The number of nitrogens with one attached hydrogen (secondary N) is 1. The summed E-state index contributed by atoms with van der Waals surface area (Å²) in [5, 5.41) is 3.42. The van der Waals surface area contributed by atoms with Gasteiger partial charge in [0, 0.05) is 12.4 Å². The highest BCUT2D eigenvalue weighted by molar-refractivity contribution is 7.99. The summed E-state index contributed by atoms with van der Waals surface area (Å²) >= 11 is 1.30. The van der Waals surface area contributed by atoms with Crippen LogP contribution in [0.3, 0.4) is 0 Å². The molecule has 0 spiro atoms. The van der Waals surface area contributed by atoms with Crippen molar-refractivity contribution in [1.82, 2.24) is 15.3 Å². The van der Waals surface area contributed by atoms with Gasteiger partial charge >= 0.3 is 0 Å². The fraction of sp³-hybridized carbons (Fsp3) is 0.267. The van der Waals surface area contributed by atoms with Crippen molar-refractivity contribution in [2.45, 2.75) is 11.3 Å². The average Bonchev–Trinajstić information content (AvgIpc) is 2.59. The molecule has 6 nitrogen and oxygen atoms in total. The number of carbonyl (C=O) groups is 1. The smallest absolute Gasteiger partial charge is 0.230 e. The lowest BCUT2D eigenvalue weighted by Crippen LogP contribution is -2.41. The van der Waals surface area contributed by atoms with Gasteiger partial charge in [-0.1, -0.05) is 23.9 Å². The van der Waals surface area contributed by atoms with Gasteiger partial charge < -0.3 is 14.8 Å². The lowest BCUT2D eigenvalue weighted by Gasteiger charge is -2.26. The van der Waals surface area contributed by atoms with E-state index in [-0.39, 0.29) is 17.8 Å². The number of hydrogen-bond donors (Lipinski definition) is 1. The number of rotatable bonds is 5. The van der Waals surface area contributed by atoms with E-state index in [1.54, 1.807) is 18.5 Å². The fourth-order valence-electron chi connectivity index (χ4n) is 1.93. The molecule has 1 aromatic heterocycles. The second-order valence-corrected chi connectivity index (χ2v) is 5.56. The number of benzene rings is 1. The standard InChI is InChI=1S/C15H15N3O3S/c19-14(10-22-15-16-6-3-7-17-15)18-8-11-9-20-12-4-1-2-5-13(12)21-11/h1-7,11H,8-10H2,(H,18,19)/t11-/m1/s1. The number of fused-ring (bicyclic) bond motifs is 1. The van der Waals surface area contributed by atoms with Crippen LogP contribution in [0.4, 0.5) is 0 Å². The molecule has 1 atom stereocenters. The molecule has 114 valence electrons. The normalized spacial score (nSPS) is 16.1. The quantitative estimate of drug-likeness (QED) is 0.666. The van der Waals surface area contributed by atoms with Crippen LogP contribution in [0.25, 0.3) is 0 Å². The Morgan fingerprint density at radius 3 is 2.82 bits per heavy atom. The molecular weight excluding hydrogens is 302 g/mol. The first-order valence-electron chi connectivity index (χ1n) is 6.86. The molecule has 0 fully saturated rings. The molecule has 0 radical (unpaired) electrons. The van der Waals surface area contributed by atoms with E-state index in [1.807, 2.05) is 24.3 Å². The third kappa shape index (κ3) is 3.88. The van der Waals surface area contributed by atoms with Crippen LogP contribution < -0.4 is 14.8 Å². The van der Waals surface area contributed by atoms with Gasteiger partial charge in [0.15, 0.2) is 16.7 Å². The van der Waals surface area contributed by atoms with Crippen molar-refractivity contribution in [1.29, 1.82) is 0 Å². The summed E-state index contributed by atoms with van der Waals surface area (Å²) in [6.45, 7) is 0.829. The van der Waals surface area contributed by atoms with Crippen molar-refractivity contribution in [3.05, 3.63) is 42.7 Å². The number of ether oxygens (including phenoxy) is 2. The minimum atomic E-state index is -0.183. The number of carbonyl (C=O) groups excluding carboxylic acids is 1. The summed E-state index contributed by atoms with van der Waals surface area (Å²) in [6, 6.07) is 9.24.